The van der Waals surface area contributed by atoms with Crippen LogP contribution in [0.15, 0.2) is 45.9 Å². The van der Waals surface area contributed by atoms with Crippen LogP contribution in [0.25, 0.3) is 0 Å². The summed E-state index contributed by atoms with van der Waals surface area (Å²) in [6, 6.07) is 12.8. The molecule has 1 aromatic heterocycles. The molecule has 2 aromatic rings. The van der Waals surface area contributed by atoms with Gasteiger partial charge in [-0.2, -0.15) is 5.10 Å². The van der Waals surface area contributed by atoms with Crippen molar-refractivity contribution in [3.63, 3.8) is 0 Å². The molecule has 2 aliphatic rings. The Morgan fingerprint density at radius 2 is 1.81 bits per heavy atom. The summed E-state index contributed by atoms with van der Waals surface area (Å²) in [6.07, 6.45) is 1.92. The highest BCUT2D eigenvalue weighted by molar-refractivity contribution is 5.89. The first-order chi connectivity index (χ1) is 12.7. The highest BCUT2D eigenvalue weighted by atomic mass is 16.5. The van der Waals surface area contributed by atoms with Crippen molar-refractivity contribution in [3.8, 4) is 0 Å². The summed E-state index contributed by atoms with van der Waals surface area (Å²) in [5.41, 5.74) is 3.63. The predicted molar refractivity (Wildman–Crippen MR) is 104 cm³/mol. The van der Waals surface area contributed by atoms with Crippen molar-refractivity contribution in [2.45, 2.75) is 32.7 Å². The molecule has 5 nitrogen and oxygen atoms in total. The quantitative estimate of drug-likeness (QED) is 0.817. The lowest BCUT2D eigenvalue weighted by molar-refractivity contribution is 0.0392. The summed E-state index contributed by atoms with van der Waals surface area (Å²) in [5, 5.41) is 7.10. The molecule has 2 aliphatic heterocycles. The second kappa shape index (κ2) is 7.64. The van der Waals surface area contributed by atoms with E-state index < -0.39 is 0 Å². The molecule has 0 N–H and O–H groups in total. The SMILES string of the molecule is Cc1ccc(N2N=C(CCN3CCOCC3)CC2c2ccc(C)o2)cc1. The molecule has 3 heterocycles. The molecular weight excluding hydrogens is 326 g/mol. The molecule has 1 atom stereocenters. The van der Waals surface area contributed by atoms with E-state index in [9.17, 15) is 0 Å². The van der Waals surface area contributed by atoms with E-state index in [2.05, 4.69) is 47.2 Å². The van der Waals surface area contributed by atoms with Gasteiger partial charge in [0.1, 0.15) is 17.6 Å². The number of hydrazone groups is 1. The Hall–Kier alpha value is -2.11. The van der Waals surface area contributed by atoms with E-state index >= 15 is 0 Å². The average molecular weight is 353 g/mol. The third-order valence-corrected chi connectivity index (χ3v) is 5.18. The van der Waals surface area contributed by atoms with E-state index in [4.69, 9.17) is 14.3 Å². The molecule has 1 saturated heterocycles. The fraction of sp³-hybridized carbons (Fsp3) is 0.476. The molecule has 1 unspecified atom stereocenters. The number of benzene rings is 1. The van der Waals surface area contributed by atoms with Gasteiger partial charge in [0, 0.05) is 38.2 Å². The standard InChI is InChI=1S/C21H27N3O2/c1-16-3-6-19(7-4-16)24-20(21-8-5-17(2)26-21)15-18(22-24)9-10-23-11-13-25-14-12-23/h3-8,20H,9-15H2,1-2H3. The van der Waals surface area contributed by atoms with Gasteiger partial charge in [-0.3, -0.25) is 9.91 Å². The number of rotatable bonds is 5. The van der Waals surface area contributed by atoms with Crippen LogP contribution in [-0.4, -0.2) is 43.5 Å². The number of nitrogens with zero attached hydrogens (tertiary/aromatic N) is 3. The Kier molecular flexibility index (Phi) is 5.09. The third-order valence-electron chi connectivity index (χ3n) is 5.18. The van der Waals surface area contributed by atoms with Crippen LogP contribution in [0.2, 0.25) is 0 Å². The molecule has 0 aliphatic carbocycles. The third kappa shape index (κ3) is 3.84. The highest BCUT2D eigenvalue weighted by Gasteiger charge is 2.31. The zero-order valence-electron chi connectivity index (χ0n) is 15.6. The van der Waals surface area contributed by atoms with E-state index in [1.54, 1.807) is 0 Å². The smallest absolute Gasteiger partial charge is 0.129 e. The van der Waals surface area contributed by atoms with Crippen LogP contribution in [0.3, 0.4) is 0 Å². The predicted octanol–water partition coefficient (Wildman–Crippen LogP) is 3.93. The van der Waals surface area contributed by atoms with Gasteiger partial charge >= 0.3 is 0 Å². The zero-order chi connectivity index (χ0) is 17.9. The van der Waals surface area contributed by atoms with Crippen molar-refractivity contribution in [1.29, 1.82) is 0 Å². The van der Waals surface area contributed by atoms with Crippen molar-refractivity contribution in [2.24, 2.45) is 5.10 Å². The Balaban J connectivity index is 1.51. The molecule has 0 bridgehead atoms. The summed E-state index contributed by atoms with van der Waals surface area (Å²) in [5.74, 6) is 1.94. The minimum atomic E-state index is 0.145. The second-order valence-corrected chi connectivity index (χ2v) is 7.22. The summed E-state index contributed by atoms with van der Waals surface area (Å²) in [7, 11) is 0. The first kappa shape index (κ1) is 17.3. The number of aryl methyl sites for hydroxylation is 2. The van der Waals surface area contributed by atoms with E-state index in [-0.39, 0.29) is 6.04 Å². The van der Waals surface area contributed by atoms with Gasteiger partial charge in [-0.15, -0.1) is 0 Å². The van der Waals surface area contributed by atoms with Gasteiger partial charge in [0.15, 0.2) is 0 Å². The Labute approximate surface area is 155 Å². The molecule has 26 heavy (non-hydrogen) atoms. The van der Waals surface area contributed by atoms with Crippen molar-refractivity contribution < 1.29 is 9.15 Å². The van der Waals surface area contributed by atoms with Gasteiger partial charge in [0.2, 0.25) is 0 Å². The molecule has 1 fully saturated rings. The van der Waals surface area contributed by atoms with Crippen LogP contribution in [0.5, 0.6) is 0 Å². The van der Waals surface area contributed by atoms with E-state index in [0.29, 0.717) is 0 Å². The van der Waals surface area contributed by atoms with Crippen molar-refractivity contribution in [1.82, 2.24) is 4.90 Å². The fourth-order valence-corrected chi connectivity index (χ4v) is 3.63. The first-order valence-corrected chi connectivity index (χ1v) is 9.48. The average Bonchev–Trinajstić information content (AvgIpc) is 3.28. The van der Waals surface area contributed by atoms with Gasteiger partial charge in [-0.25, -0.2) is 0 Å². The van der Waals surface area contributed by atoms with E-state index in [1.165, 1.54) is 11.3 Å². The summed E-state index contributed by atoms with van der Waals surface area (Å²) in [6.45, 7) is 8.89. The zero-order valence-corrected chi connectivity index (χ0v) is 15.6. The molecule has 1 aromatic carbocycles. The normalized spacial score (nSPS) is 21.2. The van der Waals surface area contributed by atoms with Crippen LogP contribution in [0, 0.1) is 13.8 Å². The monoisotopic (exact) mass is 353 g/mol. The van der Waals surface area contributed by atoms with Crippen molar-refractivity contribution in [3.05, 3.63) is 53.5 Å². The Morgan fingerprint density at radius 3 is 2.50 bits per heavy atom. The van der Waals surface area contributed by atoms with Crippen LogP contribution >= 0.6 is 0 Å². The topological polar surface area (TPSA) is 41.2 Å². The lowest BCUT2D eigenvalue weighted by atomic mass is 10.1. The maximum atomic E-state index is 5.94. The molecule has 0 radical (unpaired) electrons. The minimum Gasteiger partial charge on any atom is -0.464 e. The second-order valence-electron chi connectivity index (χ2n) is 7.22. The summed E-state index contributed by atoms with van der Waals surface area (Å²) >= 11 is 0. The minimum absolute atomic E-state index is 0.145. The van der Waals surface area contributed by atoms with Gasteiger partial charge in [-0.1, -0.05) is 17.7 Å². The molecule has 0 saturated carbocycles. The van der Waals surface area contributed by atoms with Crippen molar-refractivity contribution in [2.75, 3.05) is 37.9 Å². The largest absolute Gasteiger partial charge is 0.464 e. The molecule has 0 amide bonds. The molecule has 5 heteroatoms. The Morgan fingerprint density at radius 1 is 1.04 bits per heavy atom. The summed E-state index contributed by atoms with van der Waals surface area (Å²) < 4.78 is 11.4. The van der Waals surface area contributed by atoms with Gasteiger partial charge in [0.25, 0.3) is 0 Å². The number of hydrogen-bond donors (Lipinski definition) is 0. The molecule has 0 spiro atoms. The summed E-state index contributed by atoms with van der Waals surface area (Å²) in [4.78, 5) is 2.46. The number of morpholine rings is 1. The van der Waals surface area contributed by atoms with Gasteiger partial charge < -0.3 is 9.15 Å². The Bertz CT molecular complexity index is 760. The van der Waals surface area contributed by atoms with Crippen LogP contribution < -0.4 is 5.01 Å². The van der Waals surface area contributed by atoms with Crippen molar-refractivity contribution >= 4 is 11.4 Å². The van der Waals surface area contributed by atoms with Crippen LogP contribution in [0.4, 0.5) is 5.69 Å². The fourth-order valence-electron chi connectivity index (χ4n) is 3.63. The molecular formula is C21H27N3O2. The maximum Gasteiger partial charge on any atom is 0.129 e. The molecule has 138 valence electrons. The first-order valence-electron chi connectivity index (χ1n) is 9.48. The van der Waals surface area contributed by atoms with Crippen LogP contribution in [0.1, 0.15) is 36.0 Å². The lowest BCUT2D eigenvalue weighted by Crippen LogP contribution is -2.37. The number of furan rings is 1. The highest BCUT2D eigenvalue weighted by Crippen LogP contribution is 2.36. The number of ether oxygens (including phenoxy) is 1. The van der Waals surface area contributed by atoms with E-state index in [1.807, 2.05) is 13.0 Å². The van der Waals surface area contributed by atoms with E-state index in [0.717, 1.165) is 62.9 Å². The van der Waals surface area contributed by atoms with Gasteiger partial charge in [-0.05, 0) is 38.1 Å². The maximum absolute atomic E-state index is 5.94. The van der Waals surface area contributed by atoms with Crippen LogP contribution in [-0.2, 0) is 4.74 Å². The molecule has 4 rings (SSSR count). The lowest BCUT2D eigenvalue weighted by Gasteiger charge is -2.26. The van der Waals surface area contributed by atoms with Gasteiger partial charge in [0.05, 0.1) is 18.9 Å². The number of anilines is 1. The number of hydrogen-bond acceptors (Lipinski definition) is 5.